The molecule has 1 aromatic heterocycles. The first-order valence-corrected chi connectivity index (χ1v) is 8.58. The van der Waals surface area contributed by atoms with E-state index in [0.717, 1.165) is 24.6 Å². The van der Waals surface area contributed by atoms with E-state index in [2.05, 4.69) is 27.5 Å². The molecule has 4 nitrogen and oxygen atoms in total. The molecule has 0 fully saturated rings. The highest BCUT2D eigenvalue weighted by Gasteiger charge is 2.35. The molecule has 0 saturated heterocycles. The maximum Gasteiger partial charge on any atom is 0.421 e. The van der Waals surface area contributed by atoms with Crippen molar-refractivity contribution in [3.8, 4) is 0 Å². The first-order valence-electron chi connectivity index (χ1n) is 8.58. The lowest BCUT2D eigenvalue weighted by atomic mass is 10.1. The van der Waals surface area contributed by atoms with Crippen molar-refractivity contribution >= 4 is 23.1 Å². The van der Waals surface area contributed by atoms with Crippen molar-refractivity contribution in [2.45, 2.75) is 25.9 Å². The summed E-state index contributed by atoms with van der Waals surface area (Å²) in [5.41, 5.74) is 1.43. The number of nitrogens with one attached hydrogen (secondary N) is 2. The third-order valence-electron chi connectivity index (χ3n) is 3.88. The number of nitrogens with zero attached hydrogens (tertiary/aromatic N) is 2. The van der Waals surface area contributed by atoms with Crippen LogP contribution in [0.3, 0.4) is 0 Å². The number of hydrogen-bond acceptors (Lipinski definition) is 4. The average Bonchev–Trinajstić information content (AvgIpc) is 2.64. The van der Waals surface area contributed by atoms with Gasteiger partial charge in [0.25, 0.3) is 0 Å². The summed E-state index contributed by atoms with van der Waals surface area (Å²) in [4.78, 5) is 7.83. The molecule has 0 amide bonds. The number of anilines is 4. The summed E-state index contributed by atoms with van der Waals surface area (Å²) in [7, 11) is 0. The Bertz CT molecular complexity index is 878. The van der Waals surface area contributed by atoms with Crippen molar-refractivity contribution in [3.05, 3.63) is 71.9 Å². The van der Waals surface area contributed by atoms with Crippen LogP contribution >= 0.6 is 0 Å². The molecule has 3 aromatic rings. The van der Waals surface area contributed by atoms with Crippen LogP contribution in [0.1, 0.15) is 24.5 Å². The molecule has 0 saturated carbocycles. The lowest BCUT2D eigenvalue weighted by Gasteiger charge is -2.15. The summed E-state index contributed by atoms with van der Waals surface area (Å²) < 4.78 is 40.0. The summed E-state index contributed by atoms with van der Waals surface area (Å²) in [5, 5.41) is 5.67. The molecular weight excluding hydrogens is 353 g/mol. The van der Waals surface area contributed by atoms with Gasteiger partial charge in [-0.3, -0.25) is 0 Å². The van der Waals surface area contributed by atoms with Gasteiger partial charge in [-0.15, -0.1) is 0 Å². The Kier molecular flexibility index (Phi) is 5.59. The fourth-order valence-electron chi connectivity index (χ4n) is 2.58. The van der Waals surface area contributed by atoms with Gasteiger partial charge < -0.3 is 10.6 Å². The van der Waals surface area contributed by atoms with E-state index in [0.29, 0.717) is 11.4 Å². The Morgan fingerprint density at radius 3 is 2.19 bits per heavy atom. The van der Waals surface area contributed by atoms with Crippen molar-refractivity contribution in [1.29, 1.82) is 0 Å². The van der Waals surface area contributed by atoms with E-state index in [1.807, 2.05) is 30.3 Å². The van der Waals surface area contributed by atoms with Crippen molar-refractivity contribution in [1.82, 2.24) is 9.97 Å². The highest BCUT2D eigenvalue weighted by molar-refractivity contribution is 5.63. The number of aryl methyl sites for hydroxylation is 1. The lowest BCUT2D eigenvalue weighted by Crippen LogP contribution is -2.12. The predicted octanol–water partition coefficient (Wildman–Crippen LogP) is 5.94. The van der Waals surface area contributed by atoms with Gasteiger partial charge in [-0.25, -0.2) is 4.98 Å². The number of para-hydroxylation sites is 1. The zero-order valence-electron chi connectivity index (χ0n) is 14.7. The molecule has 2 aromatic carbocycles. The maximum absolute atomic E-state index is 13.3. The molecular formula is C20H19F3N4. The van der Waals surface area contributed by atoms with Crippen molar-refractivity contribution in [3.63, 3.8) is 0 Å². The van der Waals surface area contributed by atoms with E-state index in [9.17, 15) is 13.2 Å². The molecule has 2 N–H and O–H groups in total. The normalized spacial score (nSPS) is 11.3. The van der Waals surface area contributed by atoms with Gasteiger partial charge in [-0.1, -0.05) is 43.7 Å². The molecule has 0 bridgehead atoms. The Morgan fingerprint density at radius 2 is 1.56 bits per heavy atom. The fraction of sp³-hybridized carbons (Fsp3) is 0.200. The van der Waals surface area contributed by atoms with Crippen LogP contribution in [0.25, 0.3) is 0 Å². The Morgan fingerprint density at radius 1 is 0.889 bits per heavy atom. The maximum atomic E-state index is 13.3. The standard InChI is InChI=1S/C20H19F3N4/c1-2-6-14-9-11-16(12-10-14)25-18-17(20(21,22)23)13-24-19(27-18)26-15-7-4-3-5-8-15/h3-5,7-13H,2,6H2,1H3,(H2,24,25,26,27). The van der Waals surface area contributed by atoms with E-state index in [4.69, 9.17) is 0 Å². The highest BCUT2D eigenvalue weighted by Crippen LogP contribution is 2.35. The topological polar surface area (TPSA) is 49.8 Å². The molecule has 0 aliphatic heterocycles. The first kappa shape index (κ1) is 18.7. The molecule has 0 unspecified atom stereocenters. The molecule has 1 heterocycles. The molecule has 140 valence electrons. The van der Waals surface area contributed by atoms with Crippen LogP contribution in [0.15, 0.2) is 60.8 Å². The van der Waals surface area contributed by atoms with Gasteiger partial charge in [-0.2, -0.15) is 18.2 Å². The van der Waals surface area contributed by atoms with E-state index < -0.39 is 11.7 Å². The van der Waals surface area contributed by atoms with Crippen molar-refractivity contribution in [2.75, 3.05) is 10.6 Å². The van der Waals surface area contributed by atoms with Gasteiger partial charge in [0.1, 0.15) is 11.4 Å². The van der Waals surface area contributed by atoms with Crippen LogP contribution in [0.2, 0.25) is 0 Å². The first-order chi connectivity index (χ1) is 13.0. The van der Waals surface area contributed by atoms with Crippen LogP contribution < -0.4 is 10.6 Å². The van der Waals surface area contributed by atoms with Crippen LogP contribution in [0, 0.1) is 0 Å². The Labute approximate surface area is 155 Å². The van der Waals surface area contributed by atoms with Gasteiger partial charge in [0.15, 0.2) is 0 Å². The van der Waals surface area contributed by atoms with E-state index in [1.165, 1.54) is 0 Å². The molecule has 0 radical (unpaired) electrons. The Balaban J connectivity index is 1.89. The third-order valence-corrected chi connectivity index (χ3v) is 3.88. The lowest BCUT2D eigenvalue weighted by molar-refractivity contribution is -0.137. The number of rotatable bonds is 6. The van der Waals surface area contributed by atoms with E-state index >= 15 is 0 Å². The molecule has 7 heteroatoms. The number of aromatic nitrogens is 2. The van der Waals surface area contributed by atoms with Gasteiger partial charge in [0.2, 0.25) is 5.95 Å². The molecule has 0 atom stereocenters. The van der Waals surface area contributed by atoms with Crippen molar-refractivity contribution < 1.29 is 13.2 Å². The minimum absolute atomic E-state index is 0.0827. The second-order valence-electron chi connectivity index (χ2n) is 6.02. The zero-order valence-corrected chi connectivity index (χ0v) is 14.7. The molecule has 0 spiro atoms. The minimum Gasteiger partial charge on any atom is -0.340 e. The van der Waals surface area contributed by atoms with Crippen LogP contribution in [-0.4, -0.2) is 9.97 Å². The number of benzene rings is 2. The zero-order chi connectivity index (χ0) is 19.3. The largest absolute Gasteiger partial charge is 0.421 e. The minimum atomic E-state index is -4.56. The van der Waals surface area contributed by atoms with Gasteiger partial charge >= 0.3 is 6.18 Å². The van der Waals surface area contributed by atoms with Crippen LogP contribution in [-0.2, 0) is 12.6 Å². The molecule has 0 aliphatic rings. The average molecular weight is 372 g/mol. The monoisotopic (exact) mass is 372 g/mol. The van der Waals surface area contributed by atoms with Crippen LogP contribution in [0.5, 0.6) is 0 Å². The second-order valence-corrected chi connectivity index (χ2v) is 6.02. The highest BCUT2D eigenvalue weighted by atomic mass is 19.4. The number of hydrogen-bond donors (Lipinski definition) is 2. The van der Waals surface area contributed by atoms with E-state index in [1.54, 1.807) is 24.3 Å². The number of alkyl halides is 3. The van der Waals surface area contributed by atoms with Gasteiger partial charge in [0, 0.05) is 17.6 Å². The van der Waals surface area contributed by atoms with Crippen molar-refractivity contribution in [2.24, 2.45) is 0 Å². The summed E-state index contributed by atoms with van der Waals surface area (Å²) in [6.07, 6.45) is -1.85. The molecule has 0 aliphatic carbocycles. The quantitative estimate of drug-likeness (QED) is 0.563. The third kappa shape index (κ3) is 4.97. The summed E-state index contributed by atoms with van der Waals surface area (Å²) >= 11 is 0. The molecule has 3 rings (SSSR count). The summed E-state index contributed by atoms with van der Waals surface area (Å²) in [6.45, 7) is 2.07. The second kappa shape index (κ2) is 8.07. The van der Waals surface area contributed by atoms with Crippen LogP contribution in [0.4, 0.5) is 36.3 Å². The fourth-order valence-corrected chi connectivity index (χ4v) is 2.58. The molecule has 27 heavy (non-hydrogen) atoms. The Hall–Kier alpha value is -3.09. The van der Waals surface area contributed by atoms with Gasteiger partial charge in [-0.05, 0) is 36.2 Å². The predicted molar refractivity (Wildman–Crippen MR) is 100 cm³/mol. The number of halogens is 3. The SMILES string of the molecule is CCCc1ccc(Nc2nc(Nc3ccccc3)ncc2C(F)(F)F)cc1. The summed E-state index contributed by atoms with van der Waals surface area (Å²) in [5.74, 6) is -0.210. The smallest absolute Gasteiger partial charge is 0.340 e. The summed E-state index contributed by atoms with van der Waals surface area (Å²) in [6, 6.07) is 16.3. The van der Waals surface area contributed by atoms with E-state index in [-0.39, 0.29) is 11.8 Å². The van der Waals surface area contributed by atoms with Gasteiger partial charge in [0.05, 0.1) is 0 Å².